The van der Waals surface area contributed by atoms with Gasteiger partial charge in [-0.15, -0.1) is 0 Å². The summed E-state index contributed by atoms with van der Waals surface area (Å²) in [6, 6.07) is 0. The lowest BCUT2D eigenvalue weighted by Gasteiger charge is -2.34. The molecule has 0 saturated carbocycles. The molecule has 1 fully saturated rings. The Balaban J connectivity index is 2.30. The van der Waals surface area contributed by atoms with Crippen molar-refractivity contribution in [2.75, 3.05) is 31.9 Å². The monoisotopic (exact) mass is 287 g/mol. The first-order chi connectivity index (χ1) is 8.90. The zero-order chi connectivity index (χ0) is 14.4. The van der Waals surface area contributed by atoms with E-state index in [4.69, 9.17) is 0 Å². The molecule has 0 aromatic carbocycles. The molecule has 1 unspecified atom stereocenters. The van der Waals surface area contributed by atoms with Gasteiger partial charge in [0.05, 0.1) is 0 Å². The van der Waals surface area contributed by atoms with E-state index in [2.05, 4.69) is 5.43 Å². The second-order valence-electron chi connectivity index (χ2n) is 4.67. The van der Waals surface area contributed by atoms with E-state index < -0.39 is 0 Å². The maximum Gasteiger partial charge on any atom is 0.237 e. The van der Waals surface area contributed by atoms with E-state index in [1.807, 2.05) is 5.01 Å². The summed E-state index contributed by atoms with van der Waals surface area (Å²) in [6.45, 7) is 7.39. The van der Waals surface area contributed by atoms with E-state index in [1.165, 1.54) is 6.92 Å². The Labute approximate surface area is 117 Å². The van der Waals surface area contributed by atoms with Crippen molar-refractivity contribution in [2.24, 2.45) is 5.92 Å². The summed E-state index contributed by atoms with van der Waals surface area (Å²) in [6.07, 6.45) is 0. The Hall–Kier alpha value is -1.08. The highest BCUT2D eigenvalue weighted by atomic mass is 32.2. The summed E-state index contributed by atoms with van der Waals surface area (Å²) in [4.78, 5) is 35.7. The van der Waals surface area contributed by atoms with E-state index in [1.54, 1.807) is 18.7 Å². The van der Waals surface area contributed by atoms with Gasteiger partial charge in [-0.05, 0) is 0 Å². The Morgan fingerprint density at radius 2 is 1.74 bits per heavy atom. The van der Waals surface area contributed by atoms with E-state index in [0.29, 0.717) is 31.9 Å². The van der Waals surface area contributed by atoms with Gasteiger partial charge in [0.2, 0.25) is 11.8 Å². The number of nitrogens with zero attached hydrogens (tertiary/aromatic N) is 2. The van der Waals surface area contributed by atoms with Crippen molar-refractivity contribution in [2.45, 2.75) is 20.8 Å². The van der Waals surface area contributed by atoms with Crippen LogP contribution >= 0.6 is 11.8 Å². The lowest BCUT2D eigenvalue weighted by molar-refractivity contribution is -0.133. The van der Waals surface area contributed by atoms with Crippen molar-refractivity contribution >= 4 is 28.7 Å². The fraction of sp³-hybridized carbons (Fsp3) is 0.750. The molecule has 0 spiro atoms. The highest BCUT2D eigenvalue weighted by Crippen LogP contribution is 2.09. The molecule has 1 heterocycles. The number of amides is 2. The quantitative estimate of drug-likeness (QED) is 0.794. The molecule has 1 rings (SSSR count). The third kappa shape index (κ3) is 5.61. The maximum atomic E-state index is 11.9. The van der Waals surface area contributed by atoms with Crippen LogP contribution in [0.2, 0.25) is 0 Å². The lowest BCUT2D eigenvalue weighted by atomic mass is 10.2. The number of hydrogen-bond donors (Lipinski definition) is 1. The molecule has 0 radical (unpaired) electrons. The van der Waals surface area contributed by atoms with Crippen molar-refractivity contribution in [3.8, 4) is 0 Å². The van der Waals surface area contributed by atoms with E-state index in [0.717, 1.165) is 11.8 Å². The van der Waals surface area contributed by atoms with Crippen LogP contribution < -0.4 is 5.43 Å². The van der Waals surface area contributed by atoms with Gasteiger partial charge in [0.1, 0.15) is 0 Å². The van der Waals surface area contributed by atoms with Gasteiger partial charge in [-0.2, -0.15) is 0 Å². The third-order valence-corrected chi connectivity index (χ3v) is 4.05. The molecule has 1 atom stereocenters. The van der Waals surface area contributed by atoms with Crippen LogP contribution in [0.25, 0.3) is 0 Å². The molecule has 6 nitrogen and oxygen atoms in total. The van der Waals surface area contributed by atoms with Crippen LogP contribution in [0.15, 0.2) is 0 Å². The number of hydrogen-bond acceptors (Lipinski definition) is 5. The number of thioether (sulfide) groups is 1. The maximum absolute atomic E-state index is 11.9. The lowest BCUT2D eigenvalue weighted by Crippen LogP contribution is -2.55. The number of piperazine rings is 1. The van der Waals surface area contributed by atoms with Crippen molar-refractivity contribution in [3.63, 3.8) is 0 Å². The van der Waals surface area contributed by atoms with Gasteiger partial charge >= 0.3 is 0 Å². The van der Waals surface area contributed by atoms with E-state index in [9.17, 15) is 14.4 Å². The van der Waals surface area contributed by atoms with Gasteiger partial charge in [-0.3, -0.25) is 19.8 Å². The summed E-state index contributed by atoms with van der Waals surface area (Å²) in [5.41, 5.74) is 2.83. The molecule has 1 aliphatic rings. The Bertz CT molecular complexity index is 354. The van der Waals surface area contributed by atoms with Gasteiger partial charge in [0.15, 0.2) is 5.12 Å². The predicted octanol–water partition coefficient (Wildman–Crippen LogP) is 0.0975. The first-order valence-electron chi connectivity index (χ1n) is 6.34. The molecule has 0 aromatic heterocycles. The second-order valence-corrected chi connectivity index (χ2v) is 5.87. The van der Waals surface area contributed by atoms with Crippen molar-refractivity contribution in [1.82, 2.24) is 15.3 Å². The highest BCUT2D eigenvalue weighted by Gasteiger charge is 2.22. The molecule has 1 aliphatic heterocycles. The van der Waals surface area contributed by atoms with Crippen molar-refractivity contribution in [1.29, 1.82) is 0 Å². The van der Waals surface area contributed by atoms with Crippen LogP contribution in [0, 0.1) is 5.92 Å². The van der Waals surface area contributed by atoms with Crippen molar-refractivity contribution < 1.29 is 14.4 Å². The number of nitrogens with one attached hydrogen (secondary N) is 1. The predicted molar refractivity (Wildman–Crippen MR) is 74.3 cm³/mol. The largest absolute Gasteiger partial charge is 0.340 e. The molecule has 0 aliphatic carbocycles. The second kappa shape index (κ2) is 7.49. The number of rotatable bonds is 4. The molecule has 108 valence electrons. The van der Waals surface area contributed by atoms with E-state index in [-0.39, 0.29) is 22.8 Å². The molecule has 7 heteroatoms. The minimum atomic E-state index is -0.209. The molecule has 0 aromatic rings. The third-order valence-electron chi connectivity index (χ3n) is 2.98. The highest BCUT2D eigenvalue weighted by molar-refractivity contribution is 8.13. The average molecular weight is 287 g/mol. The van der Waals surface area contributed by atoms with Crippen LogP contribution in [-0.2, 0) is 14.4 Å². The first-order valence-corrected chi connectivity index (χ1v) is 7.33. The van der Waals surface area contributed by atoms with Crippen LogP contribution in [0.1, 0.15) is 20.8 Å². The zero-order valence-corrected chi connectivity index (χ0v) is 12.5. The van der Waals surface area contributed by atoms with E-state index >= 15 is 0 Å². The van der Waals surface area contributed by atoms with Crippen LogP contribution in [0.4, 0.5) is 0 Å². The summed E-state index contributed by atoms with van der Waals surface area (Å²) in [5, 5.41) is 1.85. The Morgan fingerprint density at radius 3 is 2.21 bits per heavy atom. The fourth-order valence-corrected chi connectivity index (χ4v) is 2.35. The van der Waals surface area contributed by atoms with Crippen LogP contribution in [0.5, 0.6) is 0 Å². The molecule has 1 N–H and O–H groups in total. The summed E-state index contributed by atoms with van der Waals surface area (Å²) >= 11 is 1.16. The Kier molecular flexibility index (Phi) is 6.30. The molecular weight excluding hydrogens is 266 g/mol. The van der Waals surface area contributed by atoms with Crippen molar-refractivity contribution in [3.05, 3.63) is 0 Å². The number of hydrazine groups is 1. The SMILES string of the molecule is CC(=O)SCC(C)C(=O)NN1CCN(C(C)=O)CC1. The summed E-state index contributed by atoms with van der Waals surface area (Å²) in [7, 11) is 0. The van der Waals surface area contributed by atoms with Gasteiger partial charge in [0, 0.05) is 51.7 Å². The molecule has 19 heavy (non-hydrogen) atoms. The average Bonchev–Trinajstić information content (AvgIpc) is 2.36. The Morgan fingerprint density at radius 1 is 1.16 bits per heavy atom. The minimum absolute atomic E-state index is 0.0229. The van der Waals surface area contributed by atoms with Gasteiger partial charge in [0.25, 0.3) is 0 Å². The van der Waals surface area contributed by atoms with Crippen LogP contribution in [-0.4, -0.2) is 58.8 Å². The van der Waals surface area contributed by atoms with Crippen LogP contribution in [0.3, 0.4) is 0 Å². The fourth-order valence-electron chi connectivity index (χ4n) is 1.72. The molecule has 1 saturated heterocycles. The summed E-state index contributed by atoms with van der Waals surface area (Å²) < 4.78 is 0. The molecule has 0 bridgehead atoms. The smallest absolute Gasteiger partial charge is 0.237 e. The normalized spacial score (nSPS) is 17.9. The number of carbonyl (C=O) groups excluding carboxylic acids is 3. The summed E-state index contributed by atoms with van der Waals surface area (Å²) in [5.74, 6) is 0.274. The number of carbonyl (C=O) groups is 3. The minimum Gasteiger partial charge on any atom is -0.340 e. The zero-order valence-electron chi connectivity index (χ0n) is 11.6. The standard InChI is InChI=1S/C12H21N3O3S/c1-9(8-19-11(3)17)12(18)13-15-6-4-14(5-7-15)10(2)16/h9H,4-8H2,1-3H3,(H,13,18). The topological polar surface area (TPSA) is 69.7 Å². The van der Waals surface area contributed by atoms with Gasteiger partial charge < -0.3 is 4.90 Å². The van der Waals surface area contributed by atoms with Gasteiger partial charge in [-0.25, -0.2) is 5.01 Å². The molecular formula is C12H21N3O3S. The first kappa shape index (κ1) is 16.0. The molecule has 2 amide bonds. The van der Waals surface area contributed by atoms with Gasteiger partial charge in [-0.1, -0.05) is 18.7 Å².